The van der Waals surface area contributed by atoms with E-state index in [4.69, 9.17) is 10.5 Å². The van der Waals surface area contributed by atoms with Crippen molar-refractivity contribution in [3.05, 3.63) is 29.8 Å². The second kappa shape index (κ2) is 6.79. The van der Waals surface area contributed by atoms with Crippen molar-refractivity contribution >= 4 is 0 Å². The third-order valence-corrected chi connectivity index (χ3v) is 3.85. The van der Waals surface area contributed by atoms with Gasteiger partial charge in [0.2, 0.25) is 0 Å². The molecule has 0 radical (unpaired) electrons. The minimum atomic E-state index is 0.537. The SMILES string of the molecule is C[C@@H](CN)Cc1cccc(OCC2CCCC2)c1. The van der Waals surface area contributed by atoms with Gasteiger partial charge >= 0.3 is 0 Å². The monoisotopic (exact) mass is 247 g/mol. The Bertz CT molecular complexity index is 358. The van der Waals surface area contributed by atoms with Crippen molar-refractivity contribution in [3.8, 4) is 5.75 Å². The van der Waals surface area contributed by atoms with Crippen molar-refractivity contribution in [1.82, 2.24) is 0 Å². The van der Waals surface area contributed by atoms with E-state index in [1.54, 1.807) is 0 Å². The van der Waals surface area contributed by atoms with Gasteiger partial charge in [0.15, 0.2) is 0 Å². The first-order chi connectivity index (χ1) is 8.78. The van der Waals surface area contributed by atoms with Crippen LogP contribution in [-0.4, -0.2) is 13.2 Å². The molecule has 1 atom stereocenters. The van der Waals surface area contributed by atoms with E-state index in [-0.39, 0.29) is 0 Å². The quantitative estimate of drug-likeness (QED) is 0.836. The van der Waals surface area contributed by atoms with E-state index < -0.39 is 0 Å². The molecule has 1 aromatic carbocycles. The Morgan fingerprint density at radius 3 is 2.83 bits per heavy atom. The second-order valence-corrected chi connectivity index (χ2v) is 5.65. The largest absolute Gasteiger partial charge is 0.493 e. The molecule has 1 saturated carbocycles. The van der Waals surface area contributed by atoms with Crippen molar-refractivity contribution in [2.45, 2.75) is 39.0 Å². The van der Waals surface area contributed by atoms with Gasteiger partial charge in [0, 0.05) is 0 Å². The average Bonchev–Trinajstić information content (AvgIpc) is 2.90. The van der Waals surface area contributed by atoms with Crippen LogP contribution in [0.5, 0.6) is 5.75 Å². The molecule has 2 N–H and O–H groups in total. The van der Waals surface area contributed by atoms with Gasteiger partial charge in [-0.15, -0.1) is 0 Å². The van der Waals surface area contributed by atoms with Crippen LogP contribution in [0, 0.1) is 11.8 Å². The highest BCUT2D eigenvalue weighted by Gasteiger charge is 2.15. The van der Waals surface area contributed by atoms with E-state index in [2.05, 4.69) is 31.2 Å². The van der Waals surface area contributed by atoms with Crippen LogP contribution >= 0.6 is 0 Å². The van der Waals surface area contributed by atoms with E-state index >= 15 is 0 Å². The number of benzene rings is 1. The summed E-state index contributed by atoms with van der Waals surface area (Å²) in [6, 6.07) is 8.48. The zero-order valence-corrected chi connectivity index (χ0v) is 11.4. The Labute approximate surface area is 111 Å². The van der Waals surface area contributed by atoms with Gasteiger partial charge < -0.3 is 10.5 Å². The summed E-state index contributed by atoms with van der Waals surface area (Å²) in [6.45, 7) is 3.81. The summed E-state index contributed by atoms with van der Waals surface area (Å²) < 4.78 is 5.91. The van der Waals surface area contributed by atoms with Gasteiger partial charge in [-0.1, -0.05) is 31.9 Å². The van der Waals surface area contributed by atoms with Gasteiger partial charge in [-0.2, -0.15) is 0 Å². The zero-order chi connectivity index (χ0) is 12.8. The van der Waals surface area contributed by atoms with Crippen LogP contribution in [0.1, 0.15) is 38.2 Å². The smallest absolute Gasteiger partial charge is 0.119 e. The van der Waals surface area contributed by atoms with Crippen molar-refractivity contribution in [3.63, 3.8) is 0 Å². The summed E-state index contributed by atoms with van der Waals surface area (Å²) >= 11 is 0. The summed E-state index contributed by atoms with van der Waals surface area (Å²) in [7, 11) is 0. The predicted molar refractivity (Wildman–Crippen MR) is 75.8 cm³/mol. The molecule has 2 rings (SSSR count). The number of hydrogen-bond acceptors (Lipinski definition) is 2. The maximum absolute atomic E-state index is 5.91. The van der Waals surface area contributed by atoms with Crippen molar-refractivity contribution in [2.24, 2.45) is 17.6 Å². The normalized spacial score (nSPS) is 17.9. The second-order valence-electron chi connectivity index (χ2n) is 5.65. The van der Waals surface area contributed by atoms with E-state index in [1.807, 2.05) is 0 Å². The molecule has 0 bridgehead atoms. The van der Waals surface area contributed by atoms with E-state index in [9.17, 15) is 0 Å². The third kappa shape index (κ3) is 4.02. The zero-order valence-electron chi connectivity index (χ0n) is 11.4. The Morgan fingerprint density at radius 2 is 2.11 bits per heavy atom. The van der Waals surface area contributed by atoms with Gasteiger partial charge in [0.25, 0.3) is 0 Å². The van der Waals surface area contributed by atoms with Crippen LogP contribution in [-0.2, 0) is 6.42 Å². The van der Waals surface area contributed by atoms with Gasteiger partial charge in [0.1, 0.15) is 5.75 Å². The van der Waals surface area contributed by atoms with E-state index in [0.717, 1.165) is 31.2 Å². The molecule has 0 aliphatic heterocycles. The third-order valence-electron chi connectivity index (χ3n) is 3.85. The average molecular weight is 247 g/mol. The lowest BCUT2D eigenvalue weighted by molar-refractivity contribution is 0.252. The lowest BCUT2D eigenvalue weighted by Gasteiger charge is -2.13. The van der Waals surface area contributed by atoms with Gasteiger partial charge in [-0.3, -0.25) is 0 Å². The lowest BCUT2D eigenvalue weighted by atomic mass is 10.0. The maximum atomic E-state index is 5.91. The fraction of sp³-hybridized carbons (Fsp3) is 0.625. The molecule has 2 nitrogen and oxygen atoms in total. The molecule has 100 valence electrons. The van der Waals surface area contributed by atoms with Crippen LogP contribution in [0.2, 0.25) is 0 Å². The minimum absolute atomic E-state index is 0.537. The minimum Gasteiger partial charge on any atom is -0.493 e. The summed E-state index contributed by atoms with van der Waals surface area (Å²) in [5.74, 6) is 2.33. The fourth-order valence-electron chi connectivity index (χ4n) is 2.64. The van der Waals surface area contributed by atoms with Crippen molar-refractivity contribution in [2.75, 3.05) is 13.2 Å². The van der Waals surface area contributed by atoms with Crippen molar-refractivity contribution < 1.29 is 4.74 Å². The summed E-state index contributed by atoms with van der Waals surface area (Å²) in [4.78, 5) is 0. The van der Waals surface area contributed by atoms with Crippen LogP contribution in [0.4, 0.5) is 0 Å². The van der Waals surface area contributed by atoms with Crippen LogP contribution < -0.4 is 10.5 Å². The number of rotatable bonds is 6. The first-order valence-electron chi connectivity index (χ1n) is 7.19. The molecule has 18 heavy (non-hydrogen) atoms. The first-order valence-corrected chi connectivity index (χ1v) is 7.19. The lowest BCUT2D eigenvalue weighted by Crippen LogP contribution is -2.13. The van der Waals surface area contributed by atoms with Crippen LogP contribution in [0.3, 0.4) is 0 Å². The van der Waals surface area contributed by atoms with Gasteiger partial charge in [-0.05, 0) is 55.3 Å². The van der Waals surface area contributed by atoms with Gasteiger partial charge in [-0.25, -0.2) is 0 Å². The number of ether oxygens (including phenoxy) is 1. The molecule has 0 saturated heterocycles. The number of hydrogen-bond donors (Lipinski definition) is 1. The maximum Gasteiger partial charge on any atom is 0.119 e. The molecule has 2 heteroatoms. The molecule has 1 aromatic rings. The van der Waals surface area contributed by atoms with Crippen molar-refractivity contribution in [1.29, 1.82) is 0 Å². The molecule has 0 spiro atoms. The molecule has 0 unspecified atom stereocenters. The highest BCUT2D eigenvalue weighted by molar-refractivity contribution is 5.28. The van der Waals surface area contributed by atoms with Gasteiger partial charge in [0.05, 0.1) is 6.61 Å². The highest BCUT2D eigenvalue weighted by Crippen LogP contribution is 2.26. The molecule has 0 heterocycles. The molecule has 1 aliphatic carbocycles. The number of nitrogens with two attached hydrogens (primary N) is 1. The van der Waals surface area contributed by atoms with Crippen LogP contribution in [0.15, 0.2) is 24.3 Å². The topological polar surface area (TPSA) is 35.2 Å². The molecular weight excluding hydrogens is 222 g/mol. The molecule has 0 aromatic heterocycles. The first kappa shape index (κ1) is 13.4. The molecular formula is C16H25NO. The fourth-order valence-corrected chi connectivity index (χ4v) is 2.64. The standard InChI is InChI=1S/C16H25NO/c1-13(11-17)9-15-7-4-8-16(10-15)18-12-14-5-2-3-6-14/h4,7-8,10,13-14H,2-3,5-6,9,11-12,17H2,1H3/t13-/m1/s1. The summed E-state index contributed by atoms with van der Waals surface area (Å²) in [6.07, 6.45) is 6.47. The Balaban J connectivity index is 1.86. The molecule has 0 amide bonds. The van der Waals surface area contributed by atoms with E-state index in [1.165, 1.54) is 31.2 Å². The Morgan fingerprint density at radius 1 is 1.33 bits per heavy atom. The molecule has 1 fully saturated rings. The van der Waals surface area contributed by atoms with E-state index in [0.29, 0.717) is 5.92 Å². The molecule has 1 aliphatic rings. The summed E-state index contributed by atoms with van der Waals surface area (Å²) in [5.41, 5.74) is 7.00. The summed E-state index contributed by atoms with van der Waals surface area (Å²) in [5, 5.41) is 0. The Hall–Kier alpha value is -1.02. The highest BCUT2D eigenvalue weighted by atomic mass is 16.5. The van der Waals surface area contributed by atoms with Crippen LogP contribution in [0.25, 0.3) is 0 Å². The Kier molecular flexibility index (Phi) is 5.06. The predicted octanol–water partition coefficient (Wildman–Crippen LogP) is 3.39.